The minimum Gasteiger partial charge on any atom is -0.280 e. The molecule has 0 bridgehead atoms. The lowest BCUT2D eigenvalue weighted by atomic mass is 10.2. The van der Waals surface area contributed by atoms with Crippen LogP contribution in [0.15, 0.2) is 47.4 Å². The average Bonchev–Trinajstić information content (AvgIpc) is 2.48. The fourth-order valence-electron chi connectivity index (χ4n) is 2.36. The van der Waals surface area contributed by atoms with Gasteiger partial charge in [0, 0.05) is 0 Å². The summed E-state index contributed by atoms with van der Waals surface area (Å²) in [5.74, 6) is 0. The summed E-state index contributed by atoms with van der Waals surface area (Å²) in [4.78, 5) is 9.17. The van der Waals surface area contributed by atoms with Crippen LogP contribution in [-0.2, 0) is 10.0 Å². The molecule has 5 nitrogen and oxygen atoms in total. The first-order valence-corrected chi connectivity index (χ1v) is 8.68. The van der Waals surface area contributed by atoms with Crippen molar-refractivity contribution in [2.75, 3.05) is 4.72 Å². The standard InChI is InChI=1S/C17H17N3O2S/c1-11-6-4-5-7-17(11)23(21,22)20-14-8-9-15-16(10-14)19-13(3)12(2)18-15/h4-10,20H,1-3H3. The summed E-state index contributed by atoms with van der Waals surface area (Å²) in [6.07, 6.45) is 0. The highest BCUT2D eigenvalue weighted by Gasteiger charge is 2.16. The molecule has 0 atom stereocenters. The number of nitrogens with zero attached hydrogens (tertiary/aromatic N) is 2. The second-order valence-corrected chi connectivity index (χ2v) is 7.12. The van der Waals surface area contributed by atoms with Crippen molar-refractivity contribution < 1.29 is 8.42 Å². The van der Waals surface area contributed by atoms with Crippen LogP contribution in [-0.4, -0.2) is 18.4 Å². The maximum absolute atomic E-state index is 12.5. The highest BCUT2D eigenvalue weighted by molar-refractivity contribution is 7.92. The Morgan fingerprint density at radius 2 is 1.52 bits per heavy atom. The first-order chi connectivity index (χ1) is 10.9. The van der Waals surface area contributed by atoms with Gasteiger partial charge in [0.1, 0.15) is 0 Å². The molecule has 2 aromatic carbocycles. The van der Waals surface area contributed by atoms with Crippen molar-refractivity contribution in [1.29, 1.82) is 0 Å². The smallest absolute Gasteiger partial charge is 0.262 e. The molecule has 0 amide bonds. The second-order valence-electron chi connectivity index (χ2n) is 5.47. The van der Waals surface area contributed by atoms with Gasteiger partial charge in [-0.05, 0) is 50.6 Å². The van der Waals surface area contributed by atoms with Gasteiger partial charge in [-0.15, -0.1) is 0 Å². The number of anilines is 1. The van der Waals surface area contributed by atoms with E-state index >= 15 is 0 Å². The molecule has 118 valence electrons. The van der Waals surface area contributed by atoms with E-state index in [0.717, 1.165) is 16.9 Å². The van der Waals surface area contributed by atoms with Gasteiger partial charge < -0.3 is 0 Å². The number of nitrogens with one attached hydrogen (secondary N) is 1. The van der Waals surface area contributed by atoms with Crippen LogP contribution in [0.1, 0.15) is 17.0 Å². The van der Waals surface area contributed by atoms with Gasteiger partial charge in [0.2, 0.25) is 0 Å². The number of hydrogen-bond donors (Lipinski definition) is 1. The molecule has 0 unspecified atom stereocenters. The van der Waals surface area contributed by atoms with E-state index < -0.39 is 10.0 Å². The predicted octanol–water partition coefficient (Wildman–Crippen LogP) is 3.36. The molecule has 1 aromatic heterocycles. The Kier molecular flexibility index (Phi) is 3.77. The van der Waals surface area contributed by atoms with Crippen molar-refractivity contribution >= 4 is 26.7 Å². The van der Waals surface area contributed by atoms with Gasteiger partial charge in [-0.25, -0.2) is 18.4 Å². The zero-order valence-electron chi connectivity index (χ0n) is 13.2. The highest BCUT2D eigenvalue weighted by Crippen LogP contribution is 2.22. The summed E-state index contributed by atoms with van der Waals surface area (Å²) in [6, 6.07) is 12.0. The van der Waals surface area contributed by atoms with E-state index in [-0.39, 0.29) is 4.90 Å². The number of hydrogen-bond acceptors (Lipinski definition) is 4. The molecule has 0 saturated heterocycles. The zero-order valence-corrected chi connectivity index (χ0v) is 14.0. The number of fused-ring (bicyclic) bond motifs is 1. The Labute approximate surface area is 135 Å². The van der Waals surface area contributed by atoms with E-state index in [1.54, 1.807) is 43.3 Å². The van der Waals surface area contributed by atoms with Gasteiger partial charge in [-0.2, -0.15) is 0 Å². The molecular formula is C17H17N3O2S. The lowest BCUT2D eigenvalue weighted by Gasteiger charge is -2.11. The van der Waals surface area contributed by atoms with Gasteiger partial charge in [0.15, 0.2) is 0 Å². The van der Waals surface area contributed by atoms with Crippen molar-refractivity contribution in [3.8, 4) is 0 Å². The summed E-state index contributed by atoms with van der Waals surface area (Å²) in [6.45, 7) is 5.55. The molecule has 1 heterocycles. The lowest BCUT2D eigenvalue weighted by molar-refractivity contribution is 0.600. The van der Waals surface area contributed by atoms with Crippen molar-refractivity contribution in [1.82, 2.24) is 9.97 Å². The molecular weight excluding hydrogens is 310 g/mol. The van der Waals surface area contributed by atoms with Crippen LogP contribution in [0.4, 0.5) is 5.69 Å². The van der Waals surface area contributed by atoms with Crippen molar-refractivity contribution in [2.24, 2.45) is 0 Å². The minimum atomic E-state index is -3.63. The predicted molar refractivity (Wildman–Crippen MR) is 91.0 cm³/mol. The molecule has 0 aliphatic heterocycles. The molecule has 0 saturated carbocycles. The van der Waals surface area contributed by atoms with Gasteiger partial charge >= 0.3 is 0 Å². The van der Waals surface area contributed by atoms with E-state index in [1.807, 2.05) is 19.9 Å². The van der Waals surface area contributed by atoms with Crippen LogP contribution in [0.5, 0.6) is 0 Å². The fourth-order valence-corrected chi connectivity index (χ4v) is 3.66. The first kappa shape index (κ1) is 15.4. The Morgan fingerprint density at radius 1 is 0.870 bits per heavy atom. The quantitative estimate of drug-likeness (QED) is 0.800. The number of aromatic nitrogens is 2. The van der Waals surface area contributed by atoms with E-state index in [0.29, 0.717) is 16.8 Å². The van der Waals surface area contributed by atoms with Crippen LogP contribution in [0.2, 0.25) is 0 Å². The SMILES string of the molecule is Cc1ccccc1S(=O)(=O)Nc1ccc2nc(C)c(C)nc2c1. The van der Waals surface area contributed by atoms with Crippen LogP contribution >= 0.6 is 0 Å². The summed E-state index contributed by atoms with van der Waals surface area (Å²) >= 11 is 0. The Bertz CT molecular complexity index is 998. The first-order valence-electron chi connectivity index (χ1n) is 7.20. The minimum absolute atomic E-state index is 0.270. The molecule has 6 heteroatoms. The van der Waals surface area contributed by atoms with E-state index in [2.05, 4.69) is 14.7 Å². The zero-order chi connectivity index (χ0) is 16.6. The normalized spacial score (nSPS) is 11.6. The second kappa shape index (κ2) is 5.62. The van der Waals surface area contributed by atoms with Gasteiger partial charge in [0.05, 0.1) is 33.0 Å². The van der Waals surface area contributed by atoms with Crippen molar-refractivity contribution in [3.05, 3.63) is 59.4 Å². The third-order valence-corrected chi connectivity index (χ3v) is 5.25. The Hall–Kier alpha value is -2.47. The Morgan fingerprint density at radius 3 is 2.22 bits per heavy atom. The van der Waals surface area contributed by atoms with Gasteiger partial charge in [0.25, 0.3) is 10.0 Å². The molecule has 3 aromatic rings. The molecule has 23 heavy (non-hydrogen) atoms. The van der Waals surface area contributed by atoms with Crippen molar-refractivity contribution in [2.45, 2.75) is 25.7 Å². The fraction of sp³-hybridized carbons (Fsp3) is 0.176. The summed E-state index contributed by atoms with van der Waals surface area (Å²) in [7, 11) is -3.63. The monoisotopic (exact) mass is 327 g/mol. The van der Waals surface area contributed by atoms with E-state index in [9.17, 15) is 8.42 Å². The summed E-state index contributed by atoms with van der Waals surface area (Å²) < 4.78 is 27.7. The van der Waals surface area contributed by atoms with Crippen LogP contribution in [0.3, 0.4) is 0 Å². The highest BCUT2D eigenvalue weighted by atomic mass is 32.2. The summed E-state index contributed by atoms with van der Waals surface area (Å²) in [5.41, 5.74) is 4.28. The molecule has 0 radical (unpaired) electrons. The van der Waals surface area contributed by atoms with Crippen LogP contribution < -0.4 is 4.72 Å². The number of benzene rings is 2. The molecule has 0 aliphatic carbocycles. The van der Waals surface area contributed by atoms with E-state index in [4.69, 9.17) is 0 Å². The van der Waals surface area contributed by atoms with Crippen LogP contribution in [0.25, 0.3) is 11.0 Å². The van der Waals surface area contributed by atoms with Gasteiger partial charge in [-0.1, -0.05) is 18.2 Å². The van der Waals surface area contributed by atoms with Gasteiger partial charge in [-0.3, -0.25) is 4.72 Å². The third-order valence-electron chi connectivity index (χ3n) is 3.71. The largest absolute Gasteiger partial charge is 0.280 e. The van der Waals surface area contributed by atoms with E-state index in [1.165, 1.54) is 0 Å². The summed E-state index contributed by atoms with van der Waals surface area (Å²) in [5, 5.41) is 0. The van der Waals surface area contributed by atoms with Crippen LogP contribution in [0, 0.1) is 20.8 Å². The maximum atomic E-state index is 12.5. The molecule has 0 spiro atoms. The van der Waals surface area contributed by atoms with Crippen molar-refractivity contribution in [3.63, 3.8) is 0 Å². The number of aryl methyl sites for hydroxylation is 3. The maximum Gasteiger partial charge on any atom is 0.262 e. The third kappa shape index (κ3) is 3.03. The molecule has 3 rings (SSSR count). The molecule has 0 fully saturated rings. The lowest BCUT2D eigenvalue weighted by Crippen LogP contribution is -2.14. The topological polar surface area (TPSA) is 72.0 Å². The molecule has 0 aliphatic rings. The number of sulfonamides is 1. The molecule has 1 N–H and O–H groups in total. The Balaban J connectivity index is 2.01. The number of rotatable bonds is 3. The average molecular weight is 327 g/mol.